The molecule has 2 heterocycles. The van der Waals surface area contributed by atoms with Gasteiger partial charge in [-0.05, 0) is 32.9 Å². The Kier molecular flexibility index (Phi) is 4.04. The Morgan fingerprint density at radius 1 is 1.39 bits per heavy atom. The largest absolute Gasteiger partial charge is 0.361 e. The summed E-state index contributed by atoms with van der Waals surface area (Å²) in [6.07, 6.45) is 0. The summed E-state index contributed by atoms with van der Waals surface area (Å²) in [6, 6.07) is 8.03. The van der Waals surface area contributed by atoms with E-state index >= 15 is 0 Å². The normalized spacial score (nSPS) is 13.5. The molecule has 120 valence electrons. The highest BCUT2D eigenvalue weighted by Crippen LogP contribution is 2.23. The summed E-state index contributed by atoms with van der Waals surface area (Å²) in [5.74, 6) is 0.110. The minimum Gasteiger partial charge on any atom is -0.361 e. The number of aryl methyl sites for hydroxylation is 3. The number of hydrogen-bond donors (Lipinski definition) is 1. The molecule has 0 spiro atoms. The van der Waals surface area contributed by atoms with Gasteiger partial charge in [0.15, 0.2) is 0 Å². The number of nitrogens with one attached hydrogen (secondary N) is 1. The summed E-state index contributed by atoms with van der Waals surface area (Å²) >= 11 is 1.53. The Morgan fingerprint density at radius 2 is 2.13 bits per heavy atom. The first-order valence-electron chi connectivity index (χ1n) is 7.30. The average molecular weight is 330 g/mol. The maximum atomic E-state index is 12.4. The van der Waals surface area contributed by atoms with Gasteiger partial charge in [0.1, 0.15) is 5.76 Å². The zero-order valence-corrected chi connectivity index (χ0v) is 14.3. The number of hydrogen-bond acceptors (Lipinski definition) is 5. The molecule has 7 heteroatoms. The van der Waals surface area contributed by atoms with Crippen LogP contribution in [0.5, 0.6) is 0 Å². The molecular formula is C16H18N4O2S. The van der Waals surface area contributed by atoms with E-state index in [1.54, 1.807) is 0 Å². The lowest BCUT2D eigenvalue weighted by atomic mass is 9.99. The Labute approximate surface area is 137 Å². The lowest BCUT2D eigenvalue weighted by Gasteiger charge is -2.08. The molecule has 1 N–H and O–H groups in total. The lowest BCUT2D eigenvalue weighted by molar-refractivity contribution is -0.122. The van der Waals surface area contributed by atoms with Crippen LogP contribution < -0.4 is 10.2 Å². The highest BCUT2D eigenvalue weighted by molar-refractivity contribution is 7.16. The van der Waals surface area contributed by atoms with E-state index in [1.165, 1.54) is 11.3 Å². The molecule has 6 nitrogen and oxygen atoms in total. The van der Waals surface area contributed by atoms with Crippen LogP contribution in [0.3, 0.4) is 0 Å². The molecule has 3 rings (SSSR count). The van der Waals surface area contributed by atoms with Crippen molar-refractivity contribution < 1.29 is 9.32 Å². The summed E-state index contributed by atoms with van der Waals surface area (Å²) in [4.78, 5) is 13.1. The Balaban J connectivity index is 1.86. The van der Waals surface area contributed by atoms with Gasteiger partial charge in [-0.3, -0.25) is 4.79 Å². The minimum absolute atomic E-state index is 0.183. The van der Waals surface area contributed by atoms with Crippen LogP contribution in [0.4, 0.5) is 0 Å². The van der Waals surface area contributed by atoms with Crippen LogP contribution in [0.15, 0.2) is 33.9 Å². The zero-order chi connectivity index (χ0) is 16.6. The van der Waals surface area contributed by atoms with Crippen molar-refractivity contribution in [2.24, 2.45) is 12.1 Å². The van der Waals surface area contributed by atoms with Crippen LogP contribution in [0, 0.1) is 13.8 Å². The highest BCUT2D eigenvalue weighted by atomic mass is 32.1. The lowest BCUT2D eigenvalue weighted by Crippen LogP contribution is -2.27. The fourth-order valence-electron chi connectivity index (χ4n) is 2.63. The number of nitrogens with zero attached hydrogens (tertiary/aromatic N) is 3. The topological polar surface area (TPSA) is 72.4 Å². The van der Waals surface area contributed by atoms with Crippen LogP contribution in [-0.2, 0) is 11.8 Å². The Bertz CT molecular complexity index is 916. The molecule has 1 atom stereocenters. The third-order valence-corrected chi connectivity index (χ3v) is 5.00. The number of rotatable bonds is 3. The van der Waals surface area contributed by atoms with Crippen LogP contribution in [-0.4, -0.2) is 15.6 Å². The van der Waals surface area contributed by atoms with Crippen molar-refractivity contribution in [2.75, 3.05) is 0 Å². The van der Waals surface area contributed by atoms with E-state index in [0.717, 1.165) is 26.3 Å². The smallest absolute Gasteiger partial charge is 0.247 e. The molecule has 3 aromatic rings. The first-order valence-corrected chi connectivity index (χ1v) is 8.11. The number of benzene rings is 1. The van der Waals surface area contributed by atoms with Crippen molar-refractivity contribution in [1.29, 1.82) is 0 Å². The van der Waals surface area contributed by atoms with Gasteiger partial charge in [0, 0.05) is 12.6 Å². The second-order valence-electron chi connectivity index (χ2n) is 5.46. The van der Waals surface area contributed by atoms with Crippen LogP contribution >= 0.6 is 11.3 Å². The van der Waals surface area contributed by atoms with Gasteiger partial charge < -0.3 is 9.09 Å². The predicted molar refractivity (Wildman–Crippen MR) is 88.9 cm³/mol. The van der Waals surface area contributed by atoms with Crippen molar-refractivity contribution in [3.63, 3.8) is 0 Å². The highest BCUT2D eigenvalue weighted by Gasteiger charge is 2.22. The number of thiazole rings is 1. The molecule has 23 heavy (non-hydrogen) atoms. The second-order valence-corrected chi connectivity index (χ2v) is 6.47. The molecule has 0 saturated carbocycles. The van der Waals surface area contributed by atoms with Gasteiger partial charge >= 0.3 is 0 Å². The van der Waals surface area contributed by atoms with Crippen LogP contribution in [0.2, 0.25) is 0 Å². The third-order valence-electron chi connectivity index (χ3n) is 3.89. The fourth-order valence-corrected chi connectivity index (χ4v) is 3.61. The molecule has 0 radical (unpaired) electrons. The zero-order valence-electron chi connectivity index (χ0n) is 13.5. The van der Waals surface area contributed by atoms with Gasteiger partial charge in [-0.2, -0.15) is 0 Å². The van der Waals surface area contributed by atoms with E-state index in [-0.39, 0.29) is 11.8 Å². The fraction of sp³-hybridized carbons (Fsp3) is 0.312. The molecule has 0 aliphatic rings. The molecule has 0 saturated heterocycles. The van der Waals surface area contributed by atoms with Crippen LogP contribution in [0.25, 0.3) is 10.2 Å². The van der Waals surface area contributed by atoms with Gasteiger partial charge in [-0.25, -0.2) is 5.43 Å². The average Bonchev–Trinajstić information content (AvgIpc) is 3.05. The summed E-state index contributed by atoms with van der Waals surface area (Å²) in [5.41, 5.74) is 5.29. The molecule has 2 aromatic heterocycles. The van der Waals surface area contributed by atoms with E-state index in [2.05, 4.69) is 15.7 Å². The van der Waals surface area contributed by atoms with Gasteiger partial charge in [0.2, 0.25) is 10.7 Å². The third kappa shape index (κ3) is 2.79. The number of carbonyl (C=O) groups excluding carboxylic acids is 1. The summed E-state index contributed by atoms with van der Waals surface area (Å²) < 4.78 is 8.21. The van der Waals surface area contributed by atoms with Crippen LogP contribution in [0.1, 0.15) is 29.9 Å². The Hall–Kier alpha value is -2.41. The minimum atomic E-state index is -0.371. The SMILES string of the molecule is Cc1noc(C)c1[C@H](C)C(=O)NN=c1sc2ccccc2n1C. The molecular weight excluding hydrogens is 312 g/mol. The molecule has 0 bridgehead atoms. The van der Waals surface area contributed by atoms with E-state index in [4.69, 9.17) is 4.52 Å². The number of carbonyl (C=O) groups is 1. The van der Waals surface area contributed by atoms with E-state index < -0.39 is 0 Å². The summed E-state index contributed by atoms with van der Waals surface area (Å²) in [5, 5.41) is 8.16. The van der Waals surface area contributed by atoms with Gasteiger partial charge in [-0.15, -0.1) is 5.10 Å². The Morgan fingerprint density at radius 3 is 2.78 bits per heavy atom. The van der Waals surface area contributed by atoms with Crippen molar-refractivity contribution >= 4 is 27.5 Å². The quantitative estimate of drug-likeness (QED) is 0.750. The molecule has 1 amide bonds. The second kappa shape index (κ2) is 6.00. The monoisotopic (exact) mass is 330 g/mol. The number of aromatic nitrogens is 2. The van der Waals surface area contributed by atoms with Gasteiger partial charge in [0.05, 0.1) is 21.8 Å². The van der Waals surface area contributed by atoms with E-state index in [1.807, 2.05) is 56.7 Å². The van der Waals surface area contributed by atoms with Gasteiger partial charge in [0.25, 0.3) is 0 Å². The van der Waals surface area contributed by atoms with Crippen molar-refractivity contribution in [3.05, 3.63) is 46.1 Å². The number of para-hydroxylation sites is 1. The van der Waals surface area contributed by atoms with Gasteiger partial charge in [-0.1, -0.05) is 28.6 Å². The molecule has 1 aromatic carbocycles. The standard InChI is InChI=1S/C16H18N4O2S/c1-9(14-10(2)19-22-11(14)3)15(21)17-18-16-20(4)12-7-5-6-8-13(12)23-16/h5-9H,1-4H3,(H,17,21)/t9-/m0/s1. The van der Waals surface area contributed by atoms with Crippen molar-refractivity contribution in [1.82, 2.24) is 15.1 Å². The first kappa shape index (κ1) is 15.5. The number of amides is 1. The van der Waals surface area contributed by atoms with Crippen molar-refractivity contribution in [3.8, 4) is 0 Å². The van der Waals surface area contributed by atoms with E-state index in [0.29, 0.717) is 5.76 Å². The molecule has 0 aliphatic carbocycles. The van der Waals surface area contributed by atoms with E-state index in [9.17, 15) is 4.79 Å². The summed E-state index contributed by atoms with van der Waals surface area (Å²) in [6.45, 7) is 5.46. The summed E-state index contributed by atoms with van der Waals surface area (Å²) in [7, 11) is 1.93. The predicted octanol–water partition coefficient (Wildman–Crippen LogP) is 2.58. The number of fused-ring (bicyclic) bond motifs is 1. The maximum absolute atomic E-state index is 12.4. The first-order chi connectivity index (χ1) is 11.0. The molecule has 0 fully saturated rings. The molecule has 0 unspecified atom stereocenters. The maximum Gasteiger partial charge on any atom is 0.247 e. The van der Waals surface area contributed by atoms with Crippen molar-refractivity contribution in [2.45, 2.75) is 26.7 Å². The molecule has 0 aliphatic heterocycles.